The molecule has 0 heterocycles. The van der Waals surface area contributed by atoms with Crippen LogP contribution >= 0.6 is 15.9 Å². The van der Waals surface area contributed by atoms with E-state index >= 15 is 0 Å². The first kappa shape index (κ1) is 12.0. The summed E-state index contributed by atoms with van der Waals surface area (Å²) in [5, 5.41) is 3.26. The summed E-state index contributed by atoms with van der Waals surface area (Å²) in [7, 11) is 0. The highest BCUT2D eigenvalue weighted by Crippen LogP contribution is 2.65. The van der Waals surface area contributed by atoms with Gasteiger partial charge in [-0.1, -0.05) is 22.0 Å². The number of carbonyl (C=O) groups excluding carboxylic acids is 1. The molecule has 2 bridgehead atoms. The monoisotopic (exact) mass is 319 g/mol. The van der Waals surface area contributed by atoms with Crippen molar-refractivity contribution in [2.24, 2.45) is 23.7 Å². The molecule has 0 aliphatic heterocycles. The van der Waals surface area contributed by atoms with Crippen molar-refractivity contribution in [2.45, 2.75) is 32.2 Å². The second-order valence-corrected chi connectivity index (χ2v) is 7.31. The second kappa shape index (κ2) is 4.08. The van der Waals surface area contributed by atoms with E-state index in [9.17, 15) is 4.79 Å². The Morgan fingerprint density at radius 3 is 2.58 bits per heavy atom. The Morgan fingerprint density at radius 2 is 1.95 bits per heavy atom. The van der Waals surface area contributed by atoms with Crippen molar-refractivity contribution < 1.29 is 4.79 Å². The van der Waals surface area contributed by atoms with Crippen LogP contribution in [0, 0.1) is 30.6 Å². The zero-order valence-electron chi connectivity index (χ0n) is 11.0. The molecule has 19 heavy (non-hydrogen) atoms. The van der Waals surface area contributed by atoms with Crippen LogP contribution in [-0.4, -0.2) is 11.9 Å². The molecule has 2 nitrogen and oxygen atoms in total. The summed E-state index contributed by atoms with van der Waals surface area (Å²) < 4.78 is 1.01. The van der Waals surface area contributed by atoms with E-state index in [1.54, 1.807) is 0 Å². The zero-order valence-corrected chi connectivity index (χ0v) is 12.6. The van der Waals surface area contributed by atoms with Crippen molar-refractivity contribution in [2.75, 3.05) is 0 Å². The molecular formula is C16H18BrNO. The van der Waals surface area contributed by atoms with E-state index in [4.69, 9.17) is 0 Å². The minimum Gasteiger partial charge on any atom is -0.349 e. The average Bonchev–Trinajstić information content (AvgIpc) is 2.81. The van der Waals surface area contributed by atoms with Crippen LogP contribution in [0.25, 0.3) is 0 Å². The standard InChI is InChI=1S/C16H18BrNO/c1-8-2-3-11(7-12(8)17)16(19)18-15-13-9-4-5-10(6-9)14(13)15/h2-3,7,9-10,13-15H,4-6H2,1H3,(H,18,19). The first-order valence-electron chi connectivity index (χ1n) is 7.22. The number of nitrogens with one attached hydrogen (secondary N) is 1. The Kier molecular flexibility index (Phi) is 2.57. The molecule has 4 rings (SSSR count). The minimum absolute atomic E-state index is 0.0968. The highest BCUT2D eigenvalue weighted by molar-refractivity contribution is 9.10. The highest BCUT2D eigenvalue weighted by atomic mass is 79.9. The number of hydrogen-bond donors (Lipinski definition) is 1. The van der Waals surface area contributed by atoms with Gasteiger partial charge in [0.05, 0.1) is 0 Å². The van der Waals surface area contributed by atoms with Crippen LogP contribution in [0.2, 0.25) is 0 Å². The average molecular weight is 320 g/mol. The molecule has 4 unspecified atom stereocenters. The summed E-state index contributed by atoms with van der Waals surface area (Å²) in [6.07, 6.45) is 4.22. The molecule has 4 atom stereocenters. The van der Waals surface area contributed by atoms with Gasteiger partial charge < -0.3 is 5.32 Å². The van der Waals surface area contributed by atoms with Gasteiger partial charge in [-0.3, -0.25) is 4.79 Å². The highest BCUT2D eigenvalue weighted by Gasteiger charge is 2.65. The van der Waals surface area contributed by atoms with Crippen LogP contribution in [0.1, 0.15) is 35.2 Å². The molecule has 3 fully saturated rings. The van der Waals surface area contributed by atoms with Crippen LogP contribution < -0.4 is 5.32 Å². The van der Waals surface area contributed by atoms with Gasteiger partial charge in [0, 0.05) is 16.1 Å². The third-order valence-electron chi connectivity index (χ3n) is 5.47. The summed E-state index contributed by atoms with van der Waals surface area (Å²) in [6.45, 7) is 2.04. The minimum atomic E-state index is 0.0968. The fourth-order valence-electron chi connectivity index (χ4n) is 4.49. The van der Waals surface area contributed by atoms with Crippen molar-refractivity contribution in [3.8, 4) is 0 Å². The molecule has 3 heteroatoms. The molecule has 0 aromatic heterocycles. The topological polar surface area (TPSA) is 29.1 Å². The number of benzene rings is 1. The van der Waals surface area contributed by atoms with E-state index in [0.717, 1.165) is 39.3 Å². The lowest BCUT2D eigenvalue weighted by Gasteiger charge is -2.11. The van der Waals surface area contributed by atoms with Crippen molar-refractivity contribution in [1.82, 2.24) is 5.32 Å². The Bertz CT molecular complexity index is 540. The third-order valence-corrected chi connectivity index (χ3v) is 6.32. The molecule has 1 aromatic carbocycles. The Labute approximate surface area is 122 Å². The van der Waals surface area contributed by atoms with E-state index in [0.29, 0.717) is 6.04 Å². The fraction of sp³-hybridized carbons (Fsp3) is 0.562. The van der Waals surface area contributed by atoms with Crippen molar-refractivity contribution in [1.29, 1.82) is 0 Å². The summed E-state index contributed by atoms with van der Waals surface area (Å²) in [5.41, 5.74) is 1.94. The lowest BCUT2D eigenvalue weighted by Crippen LogP contribution is -2.29. The molecular weight excluding hydrogens is 302 g/mol. The van der Waals surface area contributed by atoms with E-state index in [1.807, 2.05) is 25.1 Å². The van der Waals surface area contributed by atoms with Crippen molar-refractivity contribution in [3.05, 3.63) is 33.8 Å². The molecule has 0 radical (unpaired) electrons. The van der Waals surface area contributed by atoms with Gasteiger partial charge in [0.25, 0.3) is 5.91 Å². The maximum Gasteiger partial charge on any atom is 0.251 e. The number of aryl methyl sites for hydroxylation is 1. The first-order valence-corrected chi connectivity index (χ1v) is 8.01. The van der Waals surface area contributed by atoms with Crippen molar-refractivity contribution >= 4 is 21.8 Å². The van der Waals surface area contributed by atoms with Crippen LogP contribution in [0.3, 0.4) is 0 Å². The van der Waals surface area contributed by atoms with E-state index in [-0.39, 0.29) is 5.91 Å². The number of amides is 1. The van der Waals surface area contributed by atoms with Crippen LogP contribution in [0.5, 0.6) is 0 Å². The Hall–Kier alpha value is -0.830. The van der Waals surface area contributed by atoms with Gasteiger partial charge in [0.2, 0.25) is 0 Å². The molecule has 3 aliphatic carbocycles. The number of fused-ring (bicyclic) bond motifs is 5. The molecule has 1 N–H and O–H groups in total. The molecule has 3 saturated carbocycles. The SMILES string of the molecule is Cc1ccc(C(=O)NC2C3C4CCC(C4)C23)cc1Br. The maximum absolute atomic E-state index is 12.3. The van der Waals surface area contributed by atoms with Crippen LogP contribution in [0.15, 0.2) is 22.7 Å². The van der Waals surface area contributed by atoms with Gasteiger partial charge in [0.15, 0.2) is 0 Å². The van der Waals surface area contributed by atoms with Gasteiger partial charge in [-0.2, -0.15) is 0 Å². The quantitative estimate of drug-likeness (QED) is 0.887. The summed E-state index contributed by atoms with van der Waals surface area (Å²) in [6, 6.07) is 6.31. The number of hydrogen-bond acceptors (Lipinski definition) is 1. The maximum atomic E-state index is 12.3. The summed E-state index contributed by atoms with van der Waals surface area (Å²) >= 11 is 3.49. The number of halogens is 1. The number of carbonyl (C=O) groups is 1. The molecule has 100 valence electrons. The fourth-order valence-corrected chi connectivity index (χ4v) is 4.87. The van der Waals surface area contributed by atoms with Gasteiger partial charge >= 0.3 is 0 Å². The zero-order chi connectivity index (χ0) is 13.1. The third kappa shape index (κ3) is 1.78. The second-order valence-electron chi connectivity index (χ2n) is 6.45. The predicted molar refractivity (Wildman–Crippen MR) is 77.9 cm³/mol. The van der Waals surface area contributed by atoms with Gasteiger partial charge in [-0.05, 0) is 67.6 Å². The Morgan fingerprint density at radius 1 is 1.26 bits per heavy atom. The Balaban J connectivity index is 1.46. The smallest absolute Gasteiger partial charge is 0.251 e. The lowest BCUT2D eigenvalue weighted by atomic mass is 10.0. The van der Waals surface area contributed by atoms with E-state index in [2.05, 4.69) is 21.2 Å². The molecule has 1 aromatic rings. The van der Waals surface area contributed by atoms with Gasteiger partial charge in [0.1, 0.15) is 0 Å². The largest absolute Gasteiger partial charge is 0.349 e. The van der Waals surface area contributed by atoms with Gasteiger partial charge in [-0.25, -0.2) is 0 Å². The molecule has 3 aliphatic rings. The molecule has 0 saturated heterocycles. The summed E-state index contributed by atoms with van der Waals surface area (Å²) in [4.78, 5) is 12.3. The van der Waals surface area contributed by atoms with Crippen LogP contribution in [-0.2, 0) is 0 Å². The van der Waals surface area contributed by atoms with E-state index < -0.39 is 0 Å². The van der Waals surface area contributed by atoms with E-state index in [1.165, 1.54) is 19.3 Å². The van der Waals surface area contributed by atoms with Crippen LogP contribution in [0.4, 0.5) is 0 Å². The number of rotatable bonds is 2. The van der Waals surface area contributed by atoms with Gasteiger partial charge in [-0.15, -0.1) is 0 Å². The normalized spacial score (nSPS) is 38.1. The first-order chi connectivity index (χ1) is 9.15. The lowest BCUT2D eigenvalue weighted by molar-refractivity contribution is 0.0944. The predicted octanol–water partition coefficient (Wildman–Crippen LogP) is 3.53. The summed E-state index contributed by atoms with van der Waals surface area (Å²) in [5.74, 6) is 3.52. The van der Waals surface area contributed by atoms with Crippen molar-refractivity contribution in [3.63, 3.8) is 0 Å². The molecule has 0 spiro atoms. The molecule has 1 amide bonds.